The van der Waals surface area contributed by atoms with E-state index in [0.717, 1.165) is 4.31 Å². The fraction of sp³-hybridized carbons (Fsp3) is 0.632. The summed E-state index contributed by atoms with van der Waals surface area (Å²) >= 11 is 0. The third-order valence-electron chi connectivity index (χ3n) is 4.38. The number of nitro groups is 1. The summed E-state index contributed by atoms with van der Waals surface area (Å²) in [6.07, 6.45) is 1.80. The lowest BCUT2D eigenvalue weighted by atomic mass is 10.2. The van der Waals surface area contributed by atoms with Gasteiger partial charge in [0.15, 0.2) is 4.90 Å². The Hall–Kier alpha value is -2.24. The van der Waals surface area contributed by atoms with Crippen molar-refractivity contribution < 1.29 is 22.9 Å². The number of rotatable bonds is 13. The van der Waals surface area contributed by atoms with Crippen LogP contribution >= 0.6 is 0 Å². The van der Waals surface area contributed by atoms with Crippen LogP contribution in [-0.2, 0) is 14.8 Å². The molecule has 0 heterocycles. The number of ether oxygens (including phenoxy) is 1. The maximum Gasteiger partial charge on any atom is 0.317 e. The molecule has 1 N–H and O–H groups in total. The molecule has 0 aromatic heterocycles. The van der Waals surface area contributed by atoms with Crippen molar-refractivity contribution in [2.45, 2.75) is 44.0 Å². The van der Waals surface area contributed by atoms with E-state index in [4.69, 9.17) is 4.74 Å². The van der Waals surface area contributed by atoms with Crippen molar-refractivity contribution >= 4 is 21.7 Å². The highest BCUT2D eigenvalue weighted by atomic mass is 32.2. The Morgan fingerprint density at radius 3 is 2.37 bits per heavy atom. The fourth-order valence-corrected chi connectivity index (χ4v) is 4.17. The Morgan fingerprint density at radius 1 is 1.17 bits per heavy atom. The lowest BCUT2D eigenvalue weighted by Crippen LogP contribution is -2.44. The molecule has 0 atom stereocenters. The quantitative estimate of drug-likeness (QED) is 0.283. The van der Waals surface area contributed by atoms with Gasteiger partial charge in [-0.25, -0.2) is 17.5 Å². The summed E-state index contributed by atoms with van der Waals surface area (Å²) in [5.41, 5.74) is -0.445. The second kappa shape index (κ2) is 12.5. The highest BCUT2D eigenvalue weighted by Gasteiger charge is 2.28. The molecule has 0 saturated carbocycles. The minimum absolute atomic E-state index is 0.0142. The van der Waals surface area contributed by atoms with Crippen molar-refractivity contribution in [2.24, 2.45) is 0 Å². The molecule has 170 valence electrons. The number of nitro benzene ring substituents is 1. The Balaban J connectivity index is 2.67. The number of urea groups is 1. The van der Waals surface area contributed by atoms with Crippen LogP contribution in [0.15, 0.2) is 29.2 Å². The van der Waals surface area contributed by atoms with Gasteiger partial charge in [-0.05, 0) is 39.2 Å². The van der Waals surface area contributed by atoms with E-state index >= 15 is 0 Å². The number of hydrogen-bond acceptors (Lipinski definition) is 6. The highest BCUT2D eigenvalue weighted by Crippen LogP contribution is 2.25. The van der Waals surface area contributed by atoms with Gasteiger partial charge in [-0.3, -0.25) is 10.1 Å². The molecular weight excluding hydrogens is 412 g/mol. The van der Waals surface area contributed by atoms with Crippen molar-refractivity contribution in [1.82, 2.24) is 14.5 Å². The van der Waals surface area contributed by atoms with E-state index < -0.39 is 20.6 Å². The first-order valence-corrected chi connectivity index (χ1v) is 11.3. The molecule has 11 heteroatoms. The molecule has 0 saturated heterocycles. The number of benzene rings is 1. The first-order chi connectivity index (χ1) is 14.1. The maximum atomic E-state index is 12.7. The SMILES string of the molecule is COCCCN(CCCCN(C)S(=O)(=O)c1ccccc1[N+](=O)[O-])C(=O)NC(C)C. The first kappa shape index (κ1) is 25.8. The minimum atomic E-state index is -3.98. The lowest BCUT2D eigenvalue weighted by molar-refractivity contribution is -0.387. The van der Waals surface area contributed by atoms with Gasteiger partial charge in [-0.1, -0.05) is 12.1 Å². The summed E-state index contributed by atoms with van der Waals surface area (Å²) in [6, 6.07) is 5.14. The second-order valence-electron chi connectivity index (χ2n) is 7.20. The average molecular weight is 445 g/mol. The summed E-state index contributed by atoms with van der Waals surface area (Å²) in [7, 11) is -0.983. The summed E-state index contributed by atoms with van der Waals surface area (Å²) in [6.45, 7) is 5.51. The second-order valence-corrected chi connectivity index (χ2v) is 9.21. The molecule has 0 bridgehead atoms. The van der Waals surface area contributed by atoms with Crippen molar-refractivity contribution in [2.75, 3.05) is 40.4 Å². The summed E-state index contributed by atoms with van der Waals surface area (Å²) < 4.78 is 31.6. The van der Waals surface area contributed by atoms with Gasteiger partial charge in [0.2, 0.25) is 10.0 Å². The molecule has 1 rings (SSSR count). The number of methoxy groups -OCH3 is 1. The fourth-order valence-electron chi connectivity index (χ4n) is 2.80. The molecule has 1 aromatic rings. The molecule has 0 aliphatic heterocycles. The van der Waals surface area contributed by atoms with Crippen molar-refractivity contribution in [3.8, 4) is 0 Å². The van der Waals surface area contributed by atoms with Crippen molar-refractivity contribution in [3.63, 3.8) is 0 Å². The number of nitrogens with one attached hydrogen (secondary N) is 1. The summed E-state index contributed by atoms with van der Waals surface area (Å²) in [5, 5.41) is 14.0. The van der Waals surface area contributed by atoms with Crippen LogP contribution in [0, 0.1) is 10.1 Å². The van der Waals surface area contributed by atoms with E-state index in [1.807, 2.05) is 13.8 Å². The van der Waals surface area contributed by atoms with Crippen LogP contribution in [0.5, 0.6) is 0 Å². The number of para-hydroxylation sites is 1. The molecule has 0 aliphatic rings. The molecule has 1 aromatic carbocycles. The predicted octanol–water partition coefficient (Wildman–Crippen LogP) is 2.45. The smallest absolute Gasteiger partial charge is 0.317 e. The number of carbonyl (C=O) groups is 1. The van der Waals surface area contributed by atoms with E-state index in [0.29, 0.717) is 39.0 Å². The zero-order valence-corrected chi connectivity index (χ0v) is 18.9. The molecular formula is C19H32N4O6S. The molecule has 0 spiro atoms. The Labute approximate surface area is 178 Å². The van der Waals surface area contributed by atoms with Gasteiger partial charge in [0, 0.05) is 52.5 Å². The number of amides is 2. The zero-order chi connectivity index (χ0) is 22.7. The minimum Gasteiger partial charge on any atom is -0.385 e. The van der Waals surface area contributed by atoms with Crippen LogP contribution in [-0.4, -0.2) is 75.0 Å². The van der Waals surface area contributed by atoms with E-state index in [1.54, 1.807) is 12.0 Å². The number of unbranched alkanes of at least 4 members (excludes halogenated alkanes) is 1. The van der Waals surface area contributed by atoms with E-state index in [-0.39, 0.29) is 23.5 Å². The van der Waals surface area contributed by atoms with Gasteiger partial charge < -0.3 is 15.0 Å². The highest BCUT2D eigenvalue weighted by molar-refractivity contribution is 7.89. The van der Waals surface area contributed by atoms with Crippen LogP contribution in [0.25, 0.3) is 0 Å². The number of hydrogen-bond donors (Lipinski definition) is 1. The third kappa shape index (κ3) is 7.88. The van der Waals surface area contributed by atoms with Crippen molar-refractivity contribution in [3.05, 3.63) is 34.4 Å². The summed E-state index contributed by atoms with van der Waals surface area (Å²) in [5.74, 6) is 0. The lowest BCUT2D eigenvalue weighted by Gasteiger charge is -2.25. The molecule has 2 amide bonds. The van der Waals surface area contributed by atoms with Gasteiger partial charge in [-0.2, -0.15) is 0 Å². The van der Waals surface area contributed by atoms with Crippen LogP contribution < -0.4 is 5.32 Å². The van der Waals surface area contributed by atoms with Crippen molar-refractivity contribution in [1.29, 1.82) is 0 Å². The van der Waals surface area contributed by atoms with Crippen LogP contribution in [0.3, 0.4) is 0 Å². The van der Waals surface area contributed by atoms with E-state index in [2.05, 4.69) is 5.32 Å². The maximum absolute atomic E-state index is 12.7. The van der Waals surface area contributed by atoms with E-state index in [1.165, 1.54) is 31.3 Å². The molecule has 0 aliphatic carbocycles. The molecule has 0 radical (unpaired) electrons. The first-order valence-electron chi connectivity index (χ1n) is 9.85. The molecule has 0 fully saturated rings. The number of sulfonamides is 1. The Bertz CT molecular complexity index is 800. The van der Waals surface area contributed by atoms with Crippen LogP contribution in [0.2, 0.25) is 0 Å². The van der Waals surface area contributed by atoms with Gasteiger partial charge in [0.05, 0.1) is 4.92 Å². The molecule has 0 unspecified atom stereocenters. The Morgan fingerprint density at radius 2 is 1.77 bits per heavy atom. The Kier molecular flexibility index (Phi) is 10.7. The van der Waals surface area contributed by atoms with Gasteiger partial charge in [-0.15, -0.1) is 0 Å². The number of nitrogens with zero attached hydrogens (tertiary/aromatic N) is 3. The topological polar surface area (TPSA) is 122 Å². The molecule has 30 heavy (non-hydrogen) atoms. The van der Waals surface area contributed by atoms with Gasteiger partial charge in [0.1, 0.15) is 0 Å². The van der Waals surface area contributed by atoms with Crippen LogP contribution in [0.4, 0.5) is 10.5 Å². The third-order valence-corrected chi connectivity index (χ3v) is 6.28. The van der Waals surface area contributed by atoms with E-state index in [9.17, 15) is 23.3 Å². The summed E-state index contributed by atoms with van der Waals surface area (Å²) in [4.78, 5) is 24.1. The zero-order valence-electron chi connectivity index (χ0n) is 18.0. The predicted molar refractivity (Wildman–Crippen MR) is 114 cm³/mol. The monoisotopic (exact) mass is 444 g/mol. The van der Waals surface area contributed by atoms with Crippen LogP contribution in [0.1, 0.15) is 33.1 Å². The number of carbonyl (C=O) groups excluding carboxylic acids is 1. The standard InChI is InChI=1S/C19H32N4O6S/c1-16(2)20-19(24)22(14-9-15-29-4)13-8-7-12-21(3)30(27,28)18-11-6-5-10-17(18)23(25)26/h5-6,10-11,16H,7-9,12-15H2,1-4H3,(H,20,24). The largest absolute Gasteiger partial charge is 0.385 e. The molecule has 10 nitrogen and oxygen atoms in total. The average Bonchev–Trinajstić information content (AvgIpc) is 2.68. The normalized spacial score (nSPS) is 11.7. The van der Waals surface area contributed by atoms with Gasteiger partial charge in [0.25, 0.3) is 5.69 Å². The van der Waals surface area contributed by atoms with Gasteiger partial charge >= 0.3 is 6.03 Å².